The van der Waals surface area contributed by atoms with Crippen molar-refractivity contribution in [2.45, 2.75) is 13.0 Å². The van der Waals surface area contributed by atoms with Gasteiger partial charge in [-0.25, -0.2) is 0 Å². The lowest BCUT2D eigenvalue weighted by molar-refractivity contribution is 0.378. The van der Waals surface area contributed by atoms with Gasteiger partial charge in [0.05, 0.1) is 0 Å². The highest BCUT2D eigenvalue weighted by Crippen LogP contribution is 2.18. The molecule has 0 fully saturated rings. The van der Waals surface area contributed by atoms with E-state index in [1.165, 1.54) is 0 Å². The van der Waals surface area contributed by atoms with Crippen molar-refractivity contribution in [2.75, 3.05) is 13.6 Å². The van der Waals surface area contributed by atoms with Crippen LogP contribution in [0.1, 0.15) is 11.5 Å². The quantitative estimate of drug-likeness (QED) is 0.481. The minimum absolute atomic E-state index is 0.548. The Bertz CT molecular complexity index is 891. The Balaban J connectivity index is 1.47. The molecule has 0 atom stereocenters. The van der Waals surface area contributed by atoms with Crippen LogP contribution in [0.25, 0.3) is 11.4 Å². The number of rotatable bonds is 6. The molecule has 6 nitrogen and oxygen atoms in total. The number of nitrogens with one attached hydrogen (secondary N) is 2. The fourth-order valence-corrected chi connectivity index (χ4v) is 2.62. The van der Waals surface area contributed by atoms with Crippen molar-refractivity contribution >= 4 is 29.2 Å². The minimum Gasteiger partial charge on any atom is -0.356 e. The highest BCUT2D eigenvalue weighted by molar-refractivity contribution is 6.30. The van der Waals surface area contributed by atoms with Gasteiger partial charge in [0, 0.05) is 42.2 Å². The van der Waals surface area contributed by atoms with Crippen molar-refractivity contribution in [2.24, 2.45) is 4.99 Å². The Morgan fingerprint density at radius 3 is 2.33 bits per heavy atom. The van der Waals surface area contributed by atoms with Gasteiger partial charge in [-0.3, -0.25) is 4.99 Å². The fraction of sp³-hybridized carbons (Fsp3) is 0.211. The number of benzene rings is 2. The van der Waals surface area contributed by atoms with Crippen LogP contribution in [-0.4, -0.2) is 29.7 Å². The van der Waals surface area contributed by atoms with Crippen LogP contribution in [-0.2, 0) is 13.0 Å². The SMILES string of the molecule is CN=C(NCCc1nc(-c2ccc(Cl)cc2)no1)NCc1ccc(Cl)cc1. The van der Waals surface area contributed by atoms with E-state index >= 15 is 0 Å². The van der Waals surface area contributed by atoms with Crippen LogP contribution in [0.5, 0.6) is 0 Å². The lowest BCUT2D eigenvalue weighted by Gasteiger charge is -2.11. The second kappa shape index (κ2) is 9.39. The van der Waals surface area contributed by atoms with Crippen LogP contribution in [0.3, 0.4) is 0 Å². The molecule has 2 aromatic carbocycles. The predicted molar refractivity (Wildman–Crippen MR) is 108 cm³/mol. The molecule has 3 aromatic rings. The van der Waals surface area contributed by atoms with E-state index in [4.69, 9.17) is 27.7 Å². The van der Waals surface area contributed by atoms with E-state index in [-0.39, 0.29) is 0 Å². The summed E-state index contributed by atoms with van der Waals surface area (Å²) in [5, 5.41) is 11.9. The zero-order valence-electron chi connectivity index (χ0n) is 14.7. The van der Waals surface area contributed by atoms with Gasteiger partial charge in [-0.2, -0.15) is 4.98 Å². The third-order valence-corrected chi connectivity index (χ3v) is 4.30. The first kappa shape index (κ1) is 19.2. The summed E-state index contributed by atoms with van der Waals surface area (Å²) in [4.78, 5) is 8.60. The molecular formula is C19H19Cl2N5O. The van der Waals surface area contributed by atoms with Crippen molar-refractivity contribution in [3.63, 3.8) is 0 Å². The van der Waals surface area contributed by atoms with Gasteiger partial charge in [-0.15, -0.1) is 0 Å². The van der Waals surface area contributed by atoms with Crippen molar-refractivity contribution in [1.82, 2.24) is 20.8 Å². The zero-order valence-corrected chi connectivity index (χ0v) is 16.3. The molecule has 0 amide bonds. The Kier molecular flexibility index (Phi) is 6.68. The summed E-state index contributed by atoms with van der Waals surface area (Å²) in [7, 11) is 1.72. The summed E-state index contributed by atoms with van der Waals surface area (Å²) in [5.41, 5.74) is 1.98. The van der Waals surface area contributed by atoms with E-state index in [0.717, 1.165) is 16.1 Å². The highest BCUT2D eigenvalue weighted by Gasteiger charge is 2.08. The average Bonchev–Trinajstić information content (AvgIpc) is 3.15. The van der Waals surface area contributed by atoms with Gasteiger partial charge in [0.15, 0.2) is 5.96 Å². The summed E-state index contributed by atoms with van der Waals surface area (Å²) >= 11 is 11.8. The van der Waals surface area contributed by atoms with Crippen molar-refractivity contribution in [1.29, 1.82) is 0 Å². The standard InChI is InChI=1S/C19H19Cl2N5O/c1-22-19(24-12-13-2-6-15(20)7-3-13)23-11-10-17-25-18(26-27-17)14-4-8-16(21)9-5-14/h2-9H,10-12H2,1H3,(H2,22,23,24). The van der Waals surface area contributed by atoms with Gasteiger partial charge >= 0.3 is 0 Å². The van der Waals surface area contributed by atoms with Crippen LogP contribution >= 0.6 is 23.2 Å². The number of nitrogens with zero attached hydrogens (tertiary/aromatic N) is 3. The van der Waals surface area contributed by atoms with Crippen LogP contribution in [0.2, 0.25) is 10.0 Å². The number of aliphatic imine (C=N–C) groups is 1. The molecule has 0 aliphatic rings. The van der Waals surface area contributed by atoms with Crippen LogP contribution in [0.15, 0.2) is 58.0 Å². The lowest BCUT2D eigenvalue weighted by atomic mass is 10.2. The van der Waals surface area contributed by atoms with E-state index in [9.17, 15) is 0 Å². The van der Waals surface area contributed by atoms with Gasteiger partial charge in [-0.1, -0.05) is 40.5 Å². The van der Waals surface area contributed by atoms with Gasteiger partial charge in [-0.05, 0) is 42.0 Å². The second-order valence-electron chi connectivity index (χ2n) is 5.75. The minimum atomic E-state index is 0.548. The molecule has 0 spiro atoms. The molecule has 0 aliphatic heterocycles. The smallest absolute Gasteiger partial charge is 0.228 e. The first-order chi connectivity index (χ1) is 13.1. The molecule has 3 rings (SSSR count). The first-order valence-corrected chi connectivity index (χ1v) is 9.17. The summed E-state index contributed by atoms with van der Waals surface area (Å²) in [6, 6.07) is 15.0. The van der Waals surface area contributed by atoms with Gasteiger partial charge in [0.25, 0.3) is 0 Å². The molecule has 1 aromatic heterocycles. The van der Waals surface area contributed by atoms with Gasteiger partial charge in [0.1, 0.15) is 0 Å². The molecular weight excluding hydrogens is 385 g/mol. The highest BCUT2D eigenvalue weighted by atomic mass is 35.5. The summed E-state index contributed by atoms with van der Waals surface area (Å²) in [5.74, 6) is 1.80. The molecule has 8 heteroatoms. The van der Waals surface area contributed by atoms with E-state index < -0.39 is 0 Å². The maximum atomic E-state index is 5.89. The van der Waals surface area contributed by atoms with E-state index in [1.54, 1.807) is 19.2 Å². The Hall–Kier alpha value is -2.57. The predicted octanol–water partition coefficient (Wildman–Crippen LogP) is 3.95. The van der Waals surface area contributed by atoms with Crippen molar-refractivity contribution in [3.05, 3.63) is 70.0 Å². The number of guanidine groups is 1. The van der Waals surface area contributed by atoms with E-state index in [2.05, 4.69) is 25.8 Å². The number of hydrogen-bond acceptors (Lipinski definition) is 4. The molecule has 0 saturated carbocycles. The second-order valence-corrected chi connectivity index (χ2v) is 6.62. The van der Waals surface area contributed by atoms with Crippen LogP contribution < -0.4 is 10.6 Å². The van der Waals surface area contributed by atoms with Crippen LogP contribution in [0.4, 0.5) is 0 Å². The maximum absolute atomic E-state index is 5.89. The molecule has 1 heterocycles. The summed E-state index contributed by atoms with van der Waals surface area (Å²) < 4.78 is 5.30. The Labute approximate surface area is 167 Å². The maximum Gasteiger partial charge on any atom is 0.228 e. The normalized spacial score (nSPS) is 11.4. The molecule has 0 bridgehead atoms. The van der Waals surface area contributed by atoms with E-state index in [1.807, 2.05) is 36.4 Å². The zero-order chi connectivity index (χ0) is 19.1. The Morgan fingerprint density at radius 1 is 1.00 bits per heavy atom. The van der Waals surface area contributed by atoms with E-state index in [0.29, 0.717) is 42.2 Å². The Morgan fingerprint density at radius 2 is 1.67 bits per heavy atom. The largest absolute Gasteiger partial charge is 0.356 e. The van der Waals surface area contributed by atoms with Gasteiger partial charge < -0.3 is 15.2 Å². The molecule has 0 radical (unpaired) electrons. The topological polar surface area (TPSA) is 75.3 Å². The van der Waals surface area contributed by atoms with Gasteiger partial charge in [0.2, 0.25) is 11.7 Å². The third-order valence-electron chi connectivity index (χ3n) is 3.80. The molecule has 27 heavy (non-hydrogen) atoms. The van der Waals surface area contributed by atoms with Crippen molar-refractivity contribution in [3.8, 4) is 11.4 Å². The first-order valence-electron chi connectivity index (χ1n) is 8.41. The molecule has 0 saturated heterocycles. The van der Waals surface area contributed by atoms with Crippen LogP contribution in [0, 0.1) is 0 Å². The number of aromatic nitrogens is 2. The number of hydrogen-bond donors (Lipinski definition) is 2. The number of halogens is 2. The molecule has 140 valence electrons. The summed E-state index contributed by atoms with van der Waals surface area (Å²) in [6.07, 6.45) is 0.586. The van der Waals surface area contributed by atoms with Crippen molar-refractivity contribution < 1.29 is 4.52 Å². The molecule has 2 N–H and O–H groups in total. The average molecular weight is 404 g/mol. The fourth-order valence-electron chi connectivity index (χ4n) is 2.37. The molecule has 0 unspecified atom stereocenters. The third kappa shape index (κ3) is 5.70. The lowest BCUT2D eigenvalue weighted by Crippen LogP contribution is -2.37. The molecule has 0 aliphatic carbocycles. The monoisotopic (exact) mass is 403 g/mol. The summed E-state index contributed by atoms with van der Waals surface area (Å²) in [6.45, 7) is 1.26.